The molecule has 0 spiro atoms. The molecule has 0 aromatic carbocycles. The third kappa shape index (κ3) is 3.20. The Hall–Kier alpha value is -1.79. The van der Waals surface area contributed by atoms with E-state index in [1.807, 2.05) is 23.6 Å². The van der Waals surface area contributed by atoms with E-state index in [1.54, 1.807) is 6.20 Å². The van der Waals surface area contributed by atoms with Crippen molar-refractivity contribution in [2.24, 2.45) is 0 Å². The van der Waals surface area contributed by atoms with Crippen molar-refractivity contribution in [3.05, 3.63) is 35.5 Å². The number of nitrogens with zero attached hydrogens (tertiary/aromatic N) is 2. The molecule has 2 aromatic rings. The summed E-state index contributed by atoms with van der Waals surface area (Å²) in [5.74, 6) is 0.0385. The molecule has 2 aromatic heterocycles. The van der Waals surface area contributed by atoms with Gasteiger partial charge in [0.25, 0.3) is 0 Å². The lowest BCUT2D eigenvalue weighted by Gasteiger charge is -2.10. The first kappa shape index (κ1) is 13.2. The van der Waals surface area contributed by atoms with Crippen LogP contribution in [0.1, 0.15) is 12.1 Å². The first-order valence-corrected chi connectivity index (χ1v) is 7.55. The molecule has 104 valence electrons. The molecule has 1 unspecified atom stereocenters. The summed E-state index contributed by atoms with van der Waals surface area (Å²) in [4.78, 5) is 20.7. The third-order valence-electron chi connectivity index (χ3n) is 3.20. The van der Waals surface area contributed by atoms with Gasteiger partial charge in [-0.25, -0.2) is 4.98 Å². The largest absolute Gasteiger partial charge is 0.352 e. The molecule has 2 N–H and O–H groups in total. The number of carbonyl (C=O) groups is 1. The second kappa shape index (κ2) is 6.11. The van der Waals surface area contributed by atoms with Gasteiger partial charge in [0.1, 0.15) is 5.01 Å². The van der Waals surface area contributed by atoms with Crippen molar-refractivity contribution >= 4 is 17.2 Å². The third-order valence-corrected chi connectivity index (χ3v) is 4.12. The van der Waals surface area contributed by atoms with Crippen LogP contribution in [0.3, 0.4) is 0 Å². The number of carbonyl (C=O) groups excluding carboxylic acids is 1. The molecule has 0 bridgehead atoms. The summed E-state index contributed by atoms with van der Waals surface area (Å²) in [5, 5.41) is 9.04. The molecule has 1 saturated heterocycles. The zero-order valence-corrected chi connectivity index (χ0v) is 11.8. The molecule has 1 atom stereocenters. The Kier molecular flexibility index (Phi) is 4.03. The lowest BCUT2D eigenvalue weighted by molar-refractivity contribution is -0.121. The number of pyridine rings is 1. The minimum absolute atomic E-state index is 0.0385. The molecule has 20 heavy (non-hydrogen) atoms. The van der Waals surface area contributed by atoms with Crippen LogP contribution in [0.15, 0.2) is 29.8 Å². The number of amides is 1. The second-order valence-electron chi connectivity index (χ2n) is 4.79. The molecule has 1 aliphatic heterocycles. The van der Waals surface area contributed by atoms with E-state index in [0.29, 0.717) is 6.42 Å². The van der Waals surface area contributed by atoms with Crippen LogP contribution in [0, 0.1) is 0 Å². The summed E-state index contributed by atoms with van der Waals surface area (Å²) in [7, 11) is 0. The molecular weight excluding hydrogens is 272 g/mol. The highest BCUT2D eigenvalue weighted by atomic mass is 32.1. The second-order valence-corrected chi connectivity index (χ2v) is 5.65. The summed E-state index contributed by atoms with van der Waals surface area (Å²) in [5.41, 5.74) is 1.66. The van der Waals surface area contributed by atoms with Crippen LogP contribution in [0.25, 0.3) is 10.7 Å². The number of hydrogen-bond donors (Lipinski definition) is 2. The first-order chi connectivity index (χ1) is 9.81. The maximum atomic E-state index is 11.9. The lowest BCUT2D eigenvalue weighted by Crippen LogP contribution is -2.37. The predicted octanol–water partition coefficient (Wildman–Crippen LogP) is 1.23. The fraction of sp³-hybridized carbons (Fsp3) is 0.357. The van der Waals surface area contributed by atoms with Gasteiger partial charge in [-0.3, -0.25) is 9.78 Å². The van der Waals surface area contributed by atoms with Gasteiger partial charge in [0.2, 0.25) is 5.91 Å². The topological polar surface area (TPSA) is 66.9 Å². The van der Waals surface area contributed by atoms with Crippen LogP contribution in [0.5, 0.6) is 0 Å². The van der Waals surface area contributed by atoms with Crippen LogP contribution < -0.4 is 10.6 Å². The van der Waals surface area contributed by atoms with E-state index in [0.717, 1.165) is 35.9 Å². The van der Waals surface area contributed by atoms with Crippen molar-refractivity contribution in [2.45, 2.75) is 18.9 Å². The van der Waals surface area contributed by atoms with E-state index in [1.165, 1.54) is 11.3 Å². The minimum atomic E-state index is 0.0385. The Morgan fingerprint density at radius 2 is 2.45 bits per heavy atom. The van der Waals surface area contributed by atoms with Gasteiger partial charge in [0.05, 0.1) is 17.8 Å². The average molecular weight is 288 g/mol. The van der Waals surface area contributed by atoms with Gasteiger partial charge in [-0.1, -0.05) is 6.07 Å². The monoisotopic (exact) mass is 288 g/mol. The minimum Gasteiger partial charge on any atom is -0.352 e. The van der Waals surface area contributed by atoms with E-state index >= 15 is 0 Å². The quantitative estimate of drug-likeness (QED) is 0.888. The Labute approximate surface area is 121 Å². The fourth-order valence-electron chi connectivity index (χ4n) is 2.22. The number of thiazole rings is 1. The summed E-state index contributed by atoms with van der Waals surface area (Å²) in [6.45, 7) is 1.84. The van der Waals surface area contributed by atoms with Gasteiger partial charge < -0.3 is 10.6 Å². The number of nitrogens with one attached hydrogen (secondary N) is 2. The number of aromatic nitrogens is 2. The van der Waals surface area contributed by atoms with Crippen molar-refractivity contribution in [3.63, 3.8) is 0 Å². The van der Waals surface area contributed by atoms with Crippen molar-refractivity contribution in [1.82, 2.24) is 20.6 Å². The molecule has 3 heterocycles. The highest BCUT2D eigenvalue weighted by Gasteiger charge is 2.17. The molecule has 1 fully saturated rings. The summed E-state index contributed by atoms with van der Waals surface area (Å²) in [6.07, 6.45) is 3.08. The smallest absolute Gasteiger partial charge is 0.226 e. The Morgan fingerprint density at radius 3 is 3.20 bits per heavy atom. The van der Waals surface area contributed by atoms with Gasteiger partial charge in [0.15, 0.2) is 0 Å². The van der Waals surface area contributed by atoms with E-state index in [2.05, 4.69) is 20.6 Å². The SMILES string of the molecule is O=C(Cc1csc(-c2ccccn2)n1)NC1CCNC1. The van der Waals surface area contributed by atoms with Crippen LogP contribution in [-0.4, -0.2) is 35.0 Å². The Morgan fingerprint density at radius 1 is 1.50 bits per heavy atom. The molecule has 6 heteroatoms. The number of hydrogen-bond acceptors (Lipinski definition) is 5. The molecule has 5 nitrogen and oxygen atoms in total. The standard InChI is InChI=1S/C14H16N4OS/c19-13(17-10-4-6-15-8-10)7-11-9-20-14(18-11)12-3-1-2-5-16-12/h1-3,5,9-10,15H,4,6-8H2,(H,17,19). The summed E-state index contributed by atoms with van der Waals surface area (Å²) >= 11 is 1.52. The number of rotatable bonds is 4. The highest BCUT2D eigenvalue weighted by Crippen LogP contribution is 2.21. The van der Waals surface area contributed by atoms with Crippen LogP contribution in [0.4, 0.5) is 0 Å². The Balaban J connectivity index is 1.61. The van der Waals surface area contributed by atoms with Gasteiger partial charge in [0, 0.05) is 24.2 Å². The molecule has 3 rings (SSSR count). The zero-order valence-electron chi connectivity index (χ0n) is 11.0. The normalized spacial score (nSPS) is 18.1. The van der Waals surface area contributed by atoms with E-state index < -0.39 is 0 Å². The highest BCUT2D eigenvalue weighted by molar-refractivity contribution is 7.13. The van der Waals surface area contributed by atoms with E-state index in [4.69, 9.17) is 0 Å². The van der Waals surface area contributed by atoms with Gasteiger partial charge in [-0.2, -0.15) is 0 Å². The molecule has 1 amide bonds. The van der Waals surface area contributed by atoms with Crippen molar-refractivity contribution in [3.8, 4) is 10.7 Å². The molecule has 0 aliphatic carbocycles. The van der Waals surface area contributed by atoms with Crippen molar-refractivity contribution < 1.29 is 4.79 Å². The summed E-state index contributed by atoms with van der Waals surface area (Å²) in [6, 6.07) is 5.99. The molecule has 0 saturated carbocycles. The van der Waals surface area contributed by atoms with Crippen molar-refractivity contribution in [1.29, 1.82) is 0 Å². The fourth-order valence-corrected chi connectivity index (χ4v) is 3.01. The van der Waals surface area contributed by atoms with E-state index in [9.17, 15) is 4.79 Å². The molecular formula is C14H16N4OS. The zero-order chi connectivity index (χ0) is 13.8. The van der Waals surface area contributed by atoms with E-state index in [-0.39, 0.29) is 11.9 Å². The van der Waals surface area contributed by atoms with Crippen LogP contribution in [0.2, 0.25) is 0 Å². The van der Waals surface area contributed by atoms with Crippen LogP contribution >= 0.6 is 11.3 Å². The molecule has 0 radical (unpaired) electrons. The van der Waals surface area contributed by atoms with Crippen LogP contribution in [-0.2, 0) is 11.2 Å². The molecule has 1 aliphatic rings. The van der Waals surface area contributed by atoms with Gasteiger partial charge >= 0.3 is 0 Å². The maximum Gasteiger partial charge on any atom is 0.226 e. The first-order valence-electron chi connectivity index (χ1n) is 6.67. The summed E-state index contributed by atoms with van der Waals surface area (Å²) < 4.78 is 0. The predicted molar refractivity (Wildman–Crippen MR) is 78.5 cm³/mol. The van der Waals surface area contributed by atoms with Gasteiger partial charge in [-0.05, 0) is 25.1 Å². The Bertz CT molecular complexity index is 578. The lowest BCUT2D eigenvalue weighted by atomic mass is 10.2. The maximum absolute atomic E-state index is 11.9. The van der Waals surface area contributed by atoms with Crippen molar-refractivity contribution in [2.75, 3.05) is 13.1 Å². The average Bonchev–Trinajstić information content (AvgIpc) is 3.11. The van der Waals surface area contributed by atoms with Gasteiger partial charge in [-0.15, -0.1) is 11.3 Å².